The van der Waals surface area contributed by atoms with Gasteiger partial charge in [-0.15, -0.1) is 12.0 Å². The molecule has 4 rings (SSSR count). The quantitative estimate of drug-likeness (QED) is 0.232. The summed E-state index contributed by atoms with van der Waals surface area (Å²) in [6.45, 7) is 2.21. The molecule has 3 aromatic rings. The summed E-state index contributed by atoms with van der Waals surface area (Å²) in [6, 6.07) is 23.1. The SMILES string of the molecule is CCC1=[C-]Cc2ccc3ccccc3c21.[CH3-].[CH3-].[CH3-].[CH3-].[CH3-].[Hf].c1cc[cH-]c1. The fourth-order valence-corrected chi connectivity index (χ4v) is 2.73. The first-order chi connectivity index (χ1) is 9.90. The predicted octanol–water partition coefficient (Wildman–Crippen LogP) is 7.65. The van der Waals surface area contributed by atoms with Crippen LogP contribution in [0.2, 0.25) is 0 Å². The van der Waals surface area contributed by atoms with Crippen molar-refractivity contribution in [1.82, 2.24) is 0 Å². The van der Waals surface area contributed by atoms with Crippen LogP contribution < -0.4 is 0 Å². The van der Waals surface area contributed by atoms with Crippen molar-refractivity contribution < 1.29 is 25.8 Å². The molecular formula is C25H33Hf-7. The summed E-state index contributed by atoms with van der Waals surface area (Å²) in [6.07, 6.45) is 5.55. The van der Waals surface area contributed by atoms with E-state index < -0.39 is 0 Å². The average molecular weight is 512 g/mol. The molecule has 26 heavy (non-hydrogen) atoms. The average Bonchev–Trinajstić information content (AvgIpc) is 3.19. The summed E-state index contributed by atoms with van der Waals surface area (Å²) >= 11 is 0. The second kappa shape index (κ2) is 15.9. The second-order valence-electron chi connectivity index (χ2n) is 4.97. The molecule has 0 saturated heterocycles. The van der Waals surface area contributed by atoms with Gasteiger partial charge in [-0.1, -0.05) is 55.1 Å². The first kappa shape index (κ1) is 32.3. The summed E-state index contributed by atoms with van der Waals surface area (Å²) in [5.74, 6) is 0. The van der Waals surface area contributed by atoms with E-state index in [4.69, 9.17) is 0 Å². The number of hydrogen-bond acceptors (Lipinski definition) is 0. The molecule has 0 unspecified atom stereocenters. The minimum atomic E-state index is 0. The van der Waals surface area contributed by atoms with E-state index in [-0.39, 0.29) is 63.0 Å². The molecule has 0 heterocycles. The molecule has 0 bridgehead atoms. The van der Waals surface area contributed by atoms with Gasteiger partial charge in [0, 0.05) is 25.8 Å². The molecule has 0 amide bonds. The maximum Gasteiger partial charge on any atom is 0 e. The van der Waals surface area contributed by atoms with Gasteiger partial charge in [-0.05, 0) is 5.39 Å². The summed E-state index contributed by atoms with van der Waals surface area (Å²) < 4.78 is 0. The van der Waals surface area contributed by atoms with Gasteiger partial charge in [0.15, 0.2) is 0 Å². The summed E-state index contributed by atoms with van der Waals surface area (Å²) in [5.41, 5.74) is 4.27. The number of benzene rings is 2. The van der Waals surface area contributed by atoms with Crippen LogP contribution in [0.3, 0.4) is 0 Å². The van der Waals surface area contributed by atoms with Gasteiger partial charge in [0.2, 0.25) is 0 Å². The van der Waals surface area contributed by atoms with Gasteiger partial charge in [0.05, 0.1) is 0 Å². The van der Waals surface area contributed by atoms with Crippen LogP contribution in [-0.4, -0.2) is 0 Å². The Bertz CT molecular complexity index is 704. The fourth-order valence-electron chi connectivity index (χ4n) is 2.73. The van der Waals surface area contributed by atoms with E-state index in [1.54, 1.807) is 0 Å². The van der Waals surface area contributed by atoms with E-state index in [0.29, 0.717) is 0 Å². The Morgan fingerprint density at radius 1 is 0.846 bits per heavy atom. The van der Waals surface area contributed by atoms with Gasteiger partial charge < -0.3 is 37.1 Å². The molecule has 0 atom stereocenters. The van der Waals surface area contributed by atoms with Crippen molar-refractivity contribution in [2.75, 3.05) is 0 Å². The van der Waals surface area contributed by atoms with Gasteiger partial charge in [0.1, 0.15) is 0 Å². The number of hydrogen-bond donors (Lipinski definition) is 0. The predicted molar refractivity (Wildman–Crippen MR) is 119 cm³/mol. The van der Waals surface area contributed by atoms with Gasteiger partial charge in [-0.25, -0.2) is 17.7 Å². The molecule has 0 nitrogen and oxygen atoms in total. The van der Waals surface area contributed by atoms with Crippen LogP contribution in [0.1, 0.15) is 24.5 Å². The zero-order valence-corrected chi connectivity index (χ0v) is 20.9. The second-order valence-corrected chi connectivity index (χ2v) is 4.97. The first-order valence-corrected chi connectivity index (χ1v) is 7.17. The topological polar surface area (TPSA) is 0 Å². The van der Waals surface area contributed by atoms with E-state index in [2.05, 4.69) is 49.4 Å². The Morgan fingerprint density at radius 3 is 2.00 bits per heavy atom. The van der Waals surface area contributed by atoms with E-state index >= 15 is 0 Å². The van der Waals surface area contributed by atoms with Crippen molar-refractivity contribution in [3.05, 3.63) is 121 Å². The number of fused-ring (bicyclic) bond motifs is 3. The molecule has 0 fully saturated rings. The molecule has 0 radical (unpaired) electrons. The first-order valence-electron chi connectivity index (χ1n) is 7.17. The Kier molecular flexibility index (Phi) is 19.8. The molecule has 3 aromatic carbocycles. The van der Waals surface area contributed by atoms with E-state index in [0.717, 1.165) is 12.8 Å². The molecular weight excluding hydrogens is 479 g/mol. The van der Waals surface area contributed by atoms with Gasteiger partial charge in [0.25, 0.3) is 0 Å². The van der Waals surface area contributed by atoms with E-state index in [1.807, 2.05) is 30.3 Å². The van der Waals surface area contributed by atoms with Crippen molar-refractivity contribution in [2.45, 2.75) is 19.8 Å². The van der Waals surface area contributed by atoms with Gasteiger partial charge in [-0.3, -0.25) is 6.08 Å². The minimum Gasteiger partial charge on any atom is -0.358 e. The number of rotatable bonds is 1. The van der Waals surface area contributed by atoms with E-state index in [9.17, 15) is 0 Å². The summed E-state index contributed by atoms with van der Waals surface area (Å²) in [5, 5.41) is 2.72. The third-order valence-electron chi connectivity index (χ3n) is 3.72. The smallest absolute Gasteiger partial charge is 0 e. The number of allylic oxidation sites excluding steroid dienone is 2. The Morgan fingerprint density at radius 2 is 1.46 bits per heavy atom. The third kappa shape index (κ3) is 7.11. The van der Waals surface area contributed by atoms with Crippen molar-refractivity contribution in [3.63, 3.8) is 0 Å². The van der Waals surface area contributed by atoms with Crippen LogP contribution in [0.15, 0.2) is 66.7 Å². The molecule has 0 saturated carbocycles. The van der Waals surface area contributed by atoms with Crippen molar-refractivity contribution >= 4 is 16.3 Å². The maximum absolute atomic E-state index is 3.48. The van der Waals surface area contributed by atoms with Gasteiger partial charge in [-0.2, -0.15) is 23.8 Å². The normalized spacial score (nSPS) is 9.65. The summed E-state index contributed by atoms with van der Waals surface area (Å²) in [7, 11) is 0. The molecule has 1 heteroatoms. The molecule has 0 aliphatic heterocycles. The summed E-state index contributed by atoms with van der Waals surface area (Å²) in [4.78, 5) is 0. The molecule has 0 N–H and O–H groups in total. The third-order valence-corrected chi connectivity index (χ3v) is 3.72. The molecule has 1 aliphatic rings. The fraction of sp³-hybridized carbons (Fsp3) is 0.120. The standard InChI is InChI=1S/C15H13.C5H5.5CH3.Hf/c1-2-11-7-9-13-10-8-12-5-3-4-6-14(12)15(11)13;1-2-4-5-3-1;;;;;;/h3-6,8,10H,2,9H2,1H3;1-5H;5*1H3;/q7*-1;. The van der Waals surface area contributed by atoms with E-state index in [1.165, 1.54) is 27.5 Å². The van der Waals surface area contributed by atoms with Crippen LogP contribution in [0.4, 0.5) is 0 Å². The molecule has 0 spiro atoms. The van der Waals surface area contributed by atoms with Crippen molar-refractivity contribution in [1.29, 1.82) is 0 Å². The Labute approximate surface area is 182 Å². The minimum absolute atomic E-state index is 0. The van der Waals surface area contributed by atoms with Crippen molar-refractivity contribution in [3.8, 4) is 0 Å². The van der Waals surface area contributed by atoms with Crippen LogP contribution in [0.5, 0.6) is 0 Å². The molecule has 0 aromatic heterocycles. The zero-order valence-electron chi connectivity index (χ0n) is 17.3. The monoisotopic (exact) mass is 513 g/mol. The zero-order chi connectivity index (χ0) is 13.8. The Hall–Kier alpha value is -1.34. The van der Waals surface area contributed by atoms with Crippen LogP contribution >= 0.6 is 0 Å². The molecule has 144 valence electrons. The van der Waals surface area contributed by atoms with Crippen molar-refractivity contribution in [2.24, 2.45) is 0 Å². The largest absolute Gasteiger partial charge is 0.358 e. The van der Waals surface area contributed by atoms with Crippen LogP contribution in [0.25, 0.3) is 16.3 Å². The maximum atomic E-state index is 3.48. The van der Waals surface area contributed by atoms with Crippen LogP contribution in [0, 0.1) is 43.2 Å². The van der Waals surface area contributed by atoms with Gasteiger partial charge >= 0.3 is 0 Å². The Balaban J connectivity index is -0.000000196. The van der Waals surface area contributed by atoms with Crippen LogP contribution in [-0.2, 0) is 32.3 Å². The molecule has 1 aliphatic carbocycles.